The van der Waals surface area contributed by atoms with Crippen molar-refractivity contribution < 1.29 is 9.32 Å². The molecule has 0 aliphatic carbocycles. The molecule has 1 amide bonds. The van der Waals surface area contributed by atoms with Gasteiger partial charge in [-0.25, -0.2) is 0 Å². The molecule has 0 unspecified atom stereocenters. The van der Waals surface area contributed by atoms with Gasteiger partial charge in [-0.3, -0.25) is 4.79 Å². The summed E-state index contributed by atoms with van der Waals surface area (Å²) in [6.07, 6.45) is 1.74. The van der Waals surface area contributed by atoms with Crippen LogP contribution < -0.4 is 5.32 Å². The smallest absolute Gasteiger partial charge is 0.322 e. The first-order valence-corrected chi connectivity index (χ1v) is 8.55. The van der Waals surface area contributed by atoms with Gasteiger partial charge in [0.15, 0.2) is 0 Å². The first-order chi connectivity index (χ1) is 11.5. The van der Waals surface area contributed by atoms with Crippen LogP contribution in [0.3, 0.4) is 0 Å². The molecule has 6 nitrogen and oxygen atoms in total. The first kappa shape index (κ1) is 16.8. The Bertz CT molecular complexity index is 708. The minimum atomic E-state index is 0.0469. The number of hydrogen-bond donors (Lipinski definition) is 1. The van der Waals surface area contributed by atoms with Crippen molar-refractivity contribution in [1.29, 1.82) is 0 Å². The lowest BCUT2D eigenvalue weighted by atomic mass is 10.0. The summed E-state index contributed by atoms with van der Waals surface area (Å²) in [5, 5.41) is 7.88. The van der Waals surface area contributed by atoms with Gasteiger partial charge >= 0.3 is 6.01 Å². The number of benzene rings is 1. The van der Waals surface area contributed by atoms with Crippen LogP contribution >= 0.6 is 11.6 Å². The second-order valence-corrected chi connectivity index (χ2v) is 6.77. The summed E-state index contributed by atoms with van der Waals surface area (Å²) in [6, 6.07) is 7.97. The molecule has 1 aliphatic heterocycles. The van der Waals surface area contributed by atoms with Crippen LogP contribution in [0.1, 0.15) is 26.7 Å². The normalized spacial score (nSPS) is 15.8. The molecule has 1 N–H and O–H groups in total. The van der Waals surface area contributed by atoms with E-state index < -0.39 is 0 Å². The highest BCUT2D eigenvalue weighted by Crippen LogP contribution is 2.22. The summed E-state index contributed by atoms with van der Waals surface area (Å²) in [5.74, 6) is 0.771. The number of halogens is 1. The Balaban J connectivity index is 1.57. The lowest BCUT2D eigenvalue weighted by Gasteiger charge is -2.33. The summed E-state index contributed by atoms with van der Waals surface area (Å²) in [5.41, 5.74) is 0.816. The van der Waals surface area contributed by atoms with Gasteiger partial charge in [0.2, 0.25) is 11.7 Å². The monoisotopic (exact) mass is 348 g/mol. The highest BCUT2D eigenvalue weighted by Gasteiger charge is 2.25. The lowest BCUT2D eigenvalue weighted by Crippen LogP contribution is -2.44. The fraction of sp³-hybridized carbons (Fsp3) is 0.471. The van der Waals surface area contributed by atoms with E-state index in [0.29, 0.717) is 16.9 Å². The molecule has 24 heavy (non-hydrogen) atoms. The number of likely N-dealkylation sites (tertiary alicyclic amines) is 1. The number of nitrogens with one attached hydrogen (secondary N) is 1. The van der Waals surface area contributed by atoms with Crippen molar-refractivity contribution in [1.82, 2.24) is 15.0 Å². The second kappa shape index (κ2) is 7.21. The molecule has 2 aromatic rings. The molecule has 0 bridgehead atoms. The fourth-order valence-corrected chi connectivity index (χ4v) is 3.00. The molecule has 1 aliphatic rings. The number of anilines is 1. The highest BCUT2D eigenvalue weighted by atomic mass is 35.5. The zero-order valence-electron chi connectivity index (χ0n) is 13.8. The second-order valence-electron chi connectivity index (χ2n) is 6.33. The van der Waals surface area contributed by atoms with Gasteiger partial charge in [-0.2, -0.15) is 4.98 Å². The summed E-state index contributed by atoms with van der Waals surface area (Å²) < 4.78 is 5.28. The van der Waals surface area contributed by atoms with Crippen LogP contribution in [0.15, 0.2) is 28.8 Å². The van der Waals surface area contributed by atoms with Gasteiger partial charge in [-0.05, 0) is 25.0 Å². The van der Waals surface area contributed by atoms with Crippen LogP contribution in [0, 0.1) is 5.92 Å². The van der Waals surface area contributed by atoms with Crippen molar-refractivity contribution in [3.8, 4) is 11.4 Å². The maximum atomic E-state index is 12.0. The molecular formula is C17H21ClN4O2. The van der Waals surface area contributed by atoms with E-state index in [-0.39, 0.29) is 17.9 Å². The topological polar surface area (TPSA) is 71.3 Å². The minimum absolute atomic E-state index is 0.0469. The van der Waals surface area contributed by atoms with E-state index in [9.17, 15) is 4.79 Å². The fourth-order valence-electron chi connectivity index (χ4n) is 2.81. The minimum Gasteiger partial charge on any atom is -0.342 e. The number of aromatic nitrogens is 2. The SMILES string of the molecule is CC(C)C(=O)N1CCC(Nc2nc(-c3cccc(Cl)c3)no2)CC1. The predicted molar refractivity (Wildman–Crippen MR) is 92.8 cm³/mol. The number of rotatable bonds is 4. The zero-order valence-corrected chi connectivity index (χ0v) is 14.6. The molecule has 0 spiro atoms. The van der Waals surface area contributed by atoms with Gasteiger partial charge in [-0.15, -0.1) is 0 Å². The maximum Gasteiger partial charge on any atom is 0.322 e. The molecule has 1 saturated heterocycles. The number of nitrogens with zero attached hydrogens (tertiary/aromatic N) is 3. The van der Waals surface area contributed by atoms with Crippen LogP contribution in [0.4, 0.5) is 6.01 Å². The van der Waals surface area contributed by atoms with Crippen molar-refractivity contribution >= 4 is 23.5 Å². The number of hydrogen-bond acceptors (Lipinski definition) is 5. The summed E-state index contributed by atoms with van der Waals surface area (Å²) in [4.78, 5) is 18.3. The van der Waals surface area contributed by atoms with E-state index in [1.165, 1.54) is 0 Å². The van der Waals surface area contributed by atoms with Crippen molar-refractivity contribution in [3.05, 3.63) is 29.3 Å². The standard InChI is InChI=1S/C17H21ClN4O2/c1-11(2)16(23)22-8-6-14(7-9-22)19-17-20-15(21-24-17)12-4-3-5-13(18)10-12/h3-5,10-11,14H,6-9H2,1-2H3,(H,19,20,21). The Morgan fingerprint density at radius 3 is 2.79 bits per heavy atom. The predicted octanol–water partition coefficient (Wildman–Crippen LogP) is 3.45. The number of amides is 1. The van der Waals surface area contributed by atoms with Gasteiger partial charge in [-0.1, -0.05) is 42.7 Å². The maximum absolute atomic E-state index is 12.0. The molecule has 0 radical (unpaired) electrons. The summed E-state index contributed by atoms with van der Waals surface area (Å²) >= 11 is 5.98. The van der Waals surface area contributed by atoms with E-state index >= 15 is 0 Å². The van der Waals surface area contributed by atoms with E-state index in [1.54, 1.807) is 12.1 Å². The molecular weight excluding hydrogens is 328 g/mol. The average Bonchev–Trinajstić information content (AvgIpc) is 3.03. The van der Waals surface area contributed by atoms with E-state index in [1.807, 2.05) is 30.9 Å². The third-order valence-electron chi connectivity index (χ3n) is 4.14. The third kappa shape index (κ3) is 3.87. The van der Waals surface area contributed by atoms with Crippen molar-refractivity contribution in [2.24, 2.45) is 5.92 Å². The molecule has 0 saturated carbocycles. The molecule has 2 heterocycles. The van der Waals surface area contributed by atoms with Gasteiger partial charge in [0.25, 0.3) is 0 Å². The first-order valence-electron chi connectivity index (χ1n) is 8.18. The van der Waals surface area contributed by atoms with Crippen molar-refractivity contribution in [3.63, 3.8) is 0 Å². The van der Waals surface area contributed by atoms with Crippen LogP contribution in [0.25, 0.3) is 11.4 Å². The Labute approximate surface area is 146 Å². The molecule has 1 aromatic heterocycles. The third-order valence-corrected chi connectivity index (χ3v) is 4.37. The number of carbonyl (C=O) groups is 1. The van der Waals surface area contributed by atoms with Gasteiger partial charge in [0.05, 0.1) is 0 Å². The zero-order chi connectivity index (χ0) is 17.1. The Morgan fingerprint density at radius 2 is 2.12 bits per heavy atom. The van der Waals surface area contributed by atoms with Gasteiger partial charge < -0.3 is 14.7 Å². The quantitative estimate of drug-likeness (QED) is 0.916. The number of carbonyl (C=O) groups excluding carboxylic acids is 1. The van der Waals surface area contributed by atoms with Crippen molar-refractivity contribution in [2.75, 3.05) is 18.4 Å². The van der Waals surface area contributed by atoms with E-state index in [4.69, 9.17) is 16.1 Å². The highest BCUT2D eigenvalue weighted by molar-refractivity contribution is 6.30. The molecule has 1 fully saturated rings. The Morgan fingerprint density at radius 1 is 1.38 bits per heavy atom. The van der Waals surface area contributed by atoms with E-state index in [2.05, 4.69) is 15.5 Å². The number of piperidine rings is 1. The van der Waals surface area contributed by atoms with E-state index in [0.717, 1.165) is 31.5 Å². The van der Waals surface area contributed by atoms with Crippen LogP contribution in [0.5, 0.6) is 0 Å². The van der Waals surface area contributed by atoms with Crippen LogP contribution in [0.2, 0.25) is 5.02 Å². The summed E-state index contributed by atoms with van der Waals surface area (Å²) in [7, 11) is 0. The molecule has 0 atom stereocenters. The van der Waals surface area contributed by atoms with Gasteiger partial charge in [0, 0.05) is 35.6 Å². The van der Waals surface area contributed by atoms with Crippen LogP contribution in [-0.4, -0.2) is 40.1 Å². The largest absolute Gasteiger partial charge is 0.342 e. The van der Waals surface area contributed by atoms with Crippen LogP contribution in [-0.2, 0) is 4.79 Å². The van der Waals surface area contributed by atoms with Crippen molar-refractivity contribution in [2.45, 2.75) is 32.7 Å². The lowest BCUT2D eigenvalue weighted by molar-refractivity contribution is -0.135. The average molecular weight is 349 g/mol. The van der Waals surface area contributed by atoms with Gasteiger partial charge in [0.1, 0.15) is 0 Å². The molecule has 1 aromatic carbocycles. The summed E-state index contributed by atoms with van der Waals surface area (Å²) in [6.45, 7) is 5.37. The molecule has 3 rings (SSSR count). The Hall–Kier alpha value is -2.08. The molecule has 7 heteroatoms. The Kier molecular flexibility index (Phi) is 5.04. The molecule has 128 valence electrons.